The molecular formula is C11H12O3S. The van der Waals surface area contributed by atoms with Crippen molar-refractivity contribution in [2.24, 2.45) is 5.92 Å². The molecule has 0 radical (unpaired) electrons. The standard InChI is InChI=1S/C11H12O3S/c1-15(13,14)11-9(7-12)10(11)8-5-3-2-4-6-8/h2-7,9-11H,1H3. The summed E-state index contributed by atoms with van der Waals surface area (Å²) in [5.74, 6) is -0.499. The van der Waals surface area contributed by atoms with Crippen LogP contribution in [0.4, 0.5) is 0 Å². The number of carbonyl (C=O) groups excluding carboxylic acids is 1. The normalized spacial score (nSPS) is 29.8. The SMILES string of the molecule is CS(=O)(=O)C1C(C=O)C1c1ccccc1. The Hall–Kier alpha value is -1.16. The van der Waals surface area contributed by atoms with E-state index in [9.17, 15) is 13.2 Å². The van der Waals surface area contributed by atoms with Gasteiger partial charge in [-0.05, 0) is 5.56 Å². The molecule has 0 aromatic heterocycles. The van der Waals surface area contributed by atoms with Gasteiger partial charge in [0.05, 0.1) is 5.25 Å². The maximum atomic E-state index is 11.4. The highest BCUT2D eigenvalue weighted by molar-refractivity contribution is 7.91. The molecule has 1 aromatic carbocycles. The van der Waals surface area contributed by atoms with Crippen molar-refractivity contribution in [1.82, 2.24) is 0 Å². The first-order chi connectivity index (χ1) is 7.05. The van der Waals surface area contributed by atoms with Gasteiger partial charge in [0.15, 0.2) is 9.84 Å². The van der Waals surface area contributed by atoms with Gasteiger partial charge in [-0.2, -0.15) is 0 Å². The topological polar surface area (TPSA) is 51.2 Å². The highest BCUT2D eigenvalue weighted by atomic mass is 32.2. The molecule has 0 aliphatic heterocycles. The highest BCUT2D eigenvalue weighted by Crippen LogP contribution is 2.50. The van der Waals surface area contributed by atoms with E-state index in [1.54, 1.807) is 0 Å². The van der Waals surface area contributed by atoms with E-state index in [0.717, 1.165) is 11.8 Å². The number of hydrogen-bond donors (Lipinski definition) is 0. The van der Waals surface area contributed by atoms with Crippen molar-refractivity contribution >= 4 is 16.1 Å². The Balaban J connectivity index is 2.31. The lowest BCUT2D eigenvalue weighted by Crippen LogP contribution is -2.07. The average Bonchev–Trinajstić information content (AvgIpc) is 2.92. The van der Waals surface area contributed by atoms with Crippen molar-refractivity contribution in [3.63, 3.8) is 0 Å². The van der Waals surface area contributed by atoms with Gasteiger partial charge in [0.25, 0.3) is 0 Å². The minimum absolute atomic E-state index is 0.140. The molecular weight excluding hydrogens is 212 g/mol. The molecule has 0 saturated heterocycles. The molecule has 2 rings (SSSR count). The van der Waals surface area contributed by atoms with E-state index in [1.807, 2.05) is 30.3 Å². The van der Waals surface area contributed by atoms with Crippen LogP contribution >= 0.6 is 0 Å². The highest BCUT2D eigenvalue weighted by Gasteiger charge is 2.56. The summed E-state index contributed by atoms with van der Waals surface area (Å²) in [4.78, 5) is 10.7. The fourth-order valence-corrected chi connectivity index (χ4v) is 3.69. The van der Waals surface area contributed by atoms with Crippen molar-refractivity contribution < 1.29 is 13.2 Å². The van der Waals surface area contributed by atoms with Crippen molar-refractivity contribution in [2.75, 3.05) is 6.26 Å². The van der Waals surface area contributed by atoms with Gasteiger partial charge in [-0.1, -0.05) is 30.3 Å². The van der Waals surface area contributed by atoms with Crippen molar-refractivity contribution in [3.05, 3.63) is 35.9 Å². The van der Waals surface area contributed by atoms with Gasteiger partial charge in [-0.15, -0.1) is 0 Å². The third kappa shape index (κ3) is 1.81. The number of rotatable bonds is 3. The van der Waals surface area contributed by atoms with Crippen LogP contribution in [-0.2, 0) is 14.6 Å². The lowest BCUT2D eigenvalue weighted by atomic mass is 10.1. The monoisotopic (exact) mass is 224 g/mol. The molecule has 80 valence electrons. The number of benzene rings is 1. The maximum Gasteiger partial charge on any atom is 0.151 e. The zero-order valence-corrected chi connectivity index (χ0v) is 9.15. The molecule has 1 aliphatic carbocycles. The van der Waals surface area contributed by atoms with Crippen molar-refractivity contribution in [2.45, 2.75) is 11.2 Å². The van der Waals surface area contributed by atoms with Gasteiger partial charge in [-0.25, -0.2) is 8.42 Å². The predicted molar refractivity (Wildman–Crippen MR) is 57.4 cm³/mol. The van der Waals surface area contributed by atoms with Gasteiger partial charge >= 0.3 is 0 Å². The molecule has 0 bridgehead atoms. The van der Waals surface area contributed by atoms with Gasteiger partial charge < -0.3 is 4.79 Å². The van der Waals surface area contributed by atoms with Crippen LogP contribution in [0.25, 0.3) is 0 Å². The number of aldehydes is 1. The zero-order chi connectivity index (χ0) is 11.1. The van der Waals surface area contributed by atoms with E-state index >= 15 is 0 Å². The fourth-order valence-electron chi connectivity index (χ4n) is 2.11. The third-order valence-corrected chi connectivity index (χ3v) is 4.44. The Morgan fingerprint density at radius 2 is 1.80 bits per heavy atom. The first-order valence-corrected chi connectivity index (χ1v) is 6.70. The summed E-state index contributed by atoms with van der Waals surface area (Å²) in [7, 11) is -3.12. The Morgan fingerprint density at radius 3 is 2.20 bits per heavy atom. The van der Waals surface area contributed by atoms with Gasteiger partial charge in [-0.3, -0.25) is 0 Å². The first kappa shape index (κ1) is 10.4. The van der Waals surface area contributed by atoms with E-state index < -0.39 is 15.1 Å². The van der Waals surface area contributed by atoms with Gasteiger partial charge in [0.1, 0.15) is 6.29 Å². The summed E-state index contributed by atoms with van der Waals surface area (Å²) in [6.45, 7) is 0. The lowest BCUT2D eigenvalue weighted by Gasteiger charge is -1.97. The van der Waals surface area contributed by atoms with Crippen molar-refractivity contribution in [3.8, 4) is 0 Å². The summed E-state index contributed by atoms with van der Waals surface area (Å²) in [5.41, 5.74) is 0.935. The second kappa shape index (κ2) is 3.45. The fraction of sp³-hybridized carbons (Fsp3) is 0.364. The molecule has 4 heteroatoms. The Bertz CT molecular complexity index is 464. The molecule has 1 aliphatic rings. The predicted octanol–water partition coefficient (Wildman–Crippen LogP) is 1.01. The van der Waals surface area contributed by atoms with Crippen LogP contribution in [-0.4, -0.2) is 26.2 Å². The van der Waals surface area contributed by atoms with Gasteiger partial charge in [0, 0.05) is 18.1 Å². The van der Waals surface area contributed by atoms with E-state index in [2.05, 4.69) is 0 Å². The molecule has 0 heterocycles. The van der Waals surface area contributed by atoms with Crippen LogP contribution in [0.3, 0.4) is 0 Å². The number of carbonyl (C=O) groups is 1. The molecule has 1 fully saturated rings. The molecule has 0 spiro atoms. The first-order valence-electron chi connectivity index (χ1n) is 4.75. The summed E-state index contributed by atoms with van der Waals surface area (Å²) in [6.07, 6.45) is 1.94. The van der Waals surface area contributed by atoms with Crippen LogP contribution < -0.4 is 0 Å². The summed E-state index contributed by atoms with van der Waals surface area (Å²) < 4.78 is 22.8. The lowest BCUT2D eigenvalue weighted by molar-refractivity contribution is -0.108. The number of sulfone groups is 1. The largest absolute Gasteiger partial charge is 0.303 e. The van der Waals surface area contributed by atoms with Crippen LogP contribution in [0, 0.1) is 5.92 Å². The smallest absolute Gasteiger partial charge is 0.151 e. The Labute approximate surface area is 89.0 Å². The quantitative estimate of drug-likeness (QED) is 0.720. The number of hydrogen-bond acceptors (Lipinski definition) is 3. The van der Waals surface area contributed by atoms with E-state index in [0.29, 0.717) is 0 Å². The molecule has 1 saturated carbocycles. The Morgan fingerprint density at radius 1 is 1.20 bits per heavy atom. The molecule has 0 N–H and O–H groups in total. The van der Waals surface area contributed by atoms with Crippen LogP contribution in [0.2, 0.25) is 0 Å². The van der Waals surface area contributed by atoms with E-state index in [4.69, 9.17) is 0 Å². The maximum absolute atomic E-state index is 11.4. The van der Waals surface area contributed by atoms with E-state index in [-0.39, 0.29) is 11.8 Å². The second-order valence-electron chi connectivity index (χ2n) is 3.94. The van der Waals surface area contributed by atoms with Gasteiger partial charge in [0.2, 0.25) is 0 Å². The van der Waals surface area contributed by atoms with Crippen LogP contribution in [0.15, 0.2) is 30.3 Å². The average molecular weight is 224 g/mol. The zero-order valence-electron chi connectivity index (χ0n) is 8.33. The summed E-state index contributed by atoms with van der Waals surface area (Å²) in [6, 6.07) is 9.32. The summed E-state index contributed by atoms with van der Waals surface area (Å²) in [5, 5.41) is -0.516. The van der Waals surface area contributed by atoms with E-state index in [1.165, 1.54) is 6.26 Å². The minimum Gasteiger partial charge on any atom is -0.303 e. The third-order valence-electron chi connectivity index (χ3n) is 2.84. The summed E-state index contributed by atoms with van der Waals surface area (Å²) >= 11 is 0. The molecule has 0 amide bonds. The Kier molecular flexibility index (Phi) is 2.38. The van der Waals surface area contributed by atoms with Crippen LogP contribution in [0.1, 0.15) is 11.5 Å². The molecule has 3 atom stereocenters. The van der Waals surface area contributed by atoms with Crippen molar-refractivity contribution in [1.29, 1.82) is 0 Å². The molecule has 1 aromatic rings. The molecule has 3 unspecified atom stereocenters. The molecule has 3 nitrogen and oxygen atoms in total. The second-order valence-corrected chi connectivity index (χ2v) is 6.15. The van der Waals surface area contributed by atoms with Crippen LogP contribution in [0.5, 0.6) is 0 Å². The molecule has 15 heavy (non-hydrogen) atoms. The minimum atomic E-state index is -3.12.